The van der Waals surface area contributed by atoms with Gasteiger partial charge in [-0.3, -0.25) is 13.9 Å². The first-order valence-corrected chi connectivity index (χ1v) is 14.0. The van der Waals surface area contributed by atoms with E-state index in [4.69, 9.17) is 23.2 Å². The molecule has 7 nitrogen and oxygen atoms in total. The lowest BCUT2D eigenvalue weighted by Crippen LogP contribution is -2.52. The van der Waals surface area contributed by atoms with Crippen LogP contribution in [0.3, 0.4) is 0 Å². The molecule has 0 bridgehead atoms. The van der Waals surface area contributed by atoms with Gasteiger partial charge in [-0.25, -0.2) is 12.8 Å². The molecule has 1 atom stereocenters. The second-order valence-corrected chi connectivity index (χ2v) is 11.5. The average Bonchev–Trinajstić information content (AvgIpc) is 2.87. The molecule has 0 saturated carbocycles. The predicted octanol–water partition coefficient (Wildman–Crippen LogP) is 5.27. The van der Waals surface area contributed by atoms with Crippen molar-refractivity contribution in [1.29, 1.82) is 0 Å². The van der Waals surface area contributed by atoms with Crippen LogP contribution in [0.4, 0.5) is 10.1 Å². The first kappa shape index (κ1) is 29.4. The highest BCUT2D eigenvalue weighted by molar-refractivity contribution is 7.92. The Morgan fingerprint density at radius 3 is 2.03 bits per heavy atom. The predicted molar refractivity (Wildman–Crippen MR) is 147 cm³/mol. The molecule has 0 heterocycles. The van der Waals surface area contributed by atoms with Crippen LogP contribution in [0.2, 0.25) is 10.0 Å². The normalized spacial score (nSPS) is 12.2. The highest BCUT2D eigenvalue weighted by Crippen LogP contribution is 2.28. The van der Waals surface area contributed by atoms with Gasteiger partial charge in [0.15, 0.2) is 0 Å². The summed E-state index contributed by atoms with van der Waals surface area (Å²) in [4.78, 5) is 27.9. The fraction of sp³-hybridized carbons (Fsp3) is 0.259. The minimum atomic E-state index is -4.24. The van der Waals surface area contributed by atoms with Gasteiger partial charge in [-0.1, -0.05) is 47.5 Å². The van der Waals surface area contributed by atoms with E-state index in [2.05, 4.69) is 5.32 Å². The lowest BCUT2D eigenvalue weighted by atomic mass is 10.1. The van der Waals surface area contributed by atoms with E-state index < -0.39 is 40.2 Å². The SMILES string of the molecule is CC(C)NC(=O)[C@@H](C)N(Cc1c(Cl)cccc1Cl)C(=O)CN(c1ccc(F)cc1)S(=O)(=O)c1ccccc1. The Hall–Kier alpha value is -3.14. The van der Waals surface area contributed by atoms with Crippen molar-refractivity contribution in [3.05, 3.63) is 94.2 Å². The first-order valence-electron chi connectivity index (χ1n) is 11.8. The Bertz CT molecular complexity index is 1370. The molecule has 0 fully saturated rings. The molecule has 0 radical (unpaired) electrons. The van der Waals surface area contributed by atoms with Gasteiger partial charge in [-0.15, -0.1) is 0 Å². The molecule has 3 rings (SSSR count). The van der Waals surface area contributed by atoms with E-state index in [9.17, 15) is 22.4 Å². The molecule has 0 unspecified atom stereocenters. The summed E-state index contributed by atoms with van der Waals surface area (Å²) in [7, 11) is -4.24. The van der Waals surface area contributed by atoms with Crippen molar-refractivity contribution in [3.63, 3.8) is 0 Å². The van der Waals surface area contributed by atoms with Gasteiger partial charge in [-0.2, -0.15) is 0 Å². The maximum absolute atomic E-state index is 13.8. The Morgan fingerprint density at radius 2 is 1.47 bits per heavy atom. The Balaban J connectivity index is 2.05. The largest absolute Gasteiger partial charge is 0.352 e. The van der Waals surface area contributed by atoms with Crippen molar-refractivity contribution in [2.75, 3.05) is 10.8 Å². The highest BCUT2D eigenvalue weighted by Gasteiger charge is 2.33. The fourth-order valence-corrected chi connectivity index (χ4v) is 5.65. The molecule has 3 aromatic carbocycles. The molecule has 0 aliphatic heterocycles. The van der Waals surface area contributed by atoms with E-state index in [0.29, 0.717) is 15.6 Å². The van der Waals surface area contributed by atoms with E-state index in [1.807, 2.05) is 0 Å². The molecule has 0 spiro atoms. The third kappa shape index (κ3) is 7.03. The van der Waals surface area contributed by atoms with Crippen LogP contribution in [-0.4, -0.2) is 43.8 Å². The Kier molecular flexibility index (Phi) is 9.76. The summed E-state index contributed by atoms with van der Waals surface area (Å²) in [6.45, 7) is 4.29. The second-order valence-electron chi connectivity index (χ2n) is 8.86. The molecule has 202 valence electrons. The van der Waals surface area contributed by atoms with Crippen LogP contribution in [0.25, 0.3) is 0 Å². The standard InChI is InChI=1S/C27H28Cl2FN3O4S/c1-18(2)31-27(35)19(3)32(16-23-24(28)10-7-11-25(23)29)26(34)17-33(21-14-12-20(30)13-15-21)38(36,37)22-8-5-4-6-9-22/h4-15,18-19H,16-17H2,1-3H3,(H,31,35)/t19-/m1/s1. The number of carbonyl (C=O) groups excluding carboxylic acids is 2. The highest BCUT2D eigenvalue weighted by atomic mass is 35.5. The van der Waals surface area contributed by atoms with Gasteiger partial charge in [-0.05, 0) is 69.3 Å². The first-order chi connectivity index (χ1) is 17.9. The molecule has 11 heteroatoms. The lowest BCUT2D eigenvalue weighted by molar-refractivity contribution is -0.139. The number of hydrogen-bond acceptors (Lipinski definition) is 4. The van der Waals surface area contributed by atoms with Gasteiger partial charge in [0.1, 0.15) is 18.4 Å². The van der Waals surface area contributed by atoms with Gasteiger partial charge >= 0.3 is 0 Å². The lowest BCUT2D eigenvalue weighted by Gasteiger charge is -2.32. The van der Waals surface area contributed by atoms with Crippen molar-refractivity contribution < 1.29 is 22.4 Å². The second kappa shape index (κ2) is 12.6. The van der Waals surface area contributed by atoms with Crippen LogP contribution in [0, 0.1) is 5.82 Å². The van der Waals surface area contributed by atoms with Crippen LogP contribution >= 0.6 is 23.2 Å². The zero-order valence-electron chi connectivity index (χ0n) is 21.1. The van der Waals surface area contributed by atoms with E-state index in [0.717, 1.165) is 16.4 Å². The topological polar surface area (TPSA) is 86.8 Å². The summed E-state index contributed by atoms with van der Waals surface area (Å²) < 4.78 is 41.8. The van der Waals surface area contributed by atoms with E-state index in [-0.39, 0.29) is 23.2 Å². The Morgan fingerprint density at radius 1 is 0.895 bits per heavy atom. The molecule has 0 aliphatic carbocycles. The van der Waals surface area contributed by atoms with E-state index >= 15 is 0 Å². The third-order valence-electron chi connectivity index (χ3n) is 5.71. The van der Waals surface area contributed by atoms with Gasteiger partial charge in [0, 0.05) is 28.2 Å². The third-order valence-corrected chi connectivity index (χ3v) is 8.21. The summed E-state index contributed by atoms with van der Waals surface area (Å²) in [5.41, 5.74) is 0.492. The fourth-order valence-electron chi connectivity index (χ4n) is 3.70. The molecule has 38 heavy (non-hydrogen) atoms. The van der Waals surface area contributed by atoms with Gasteiger partial charge < -0.3 is 10.2 Å². The summed E-state index contributed by atoms with van der Waals surface area (Å²) in [5.74, 6) is -1.68. The van der Waals surface area contributed by atoms with Crippen molar-refractivity contribution in [3.8, 4) is 0 Å². The number of anilines is 1. The van der Waals surface area contributed by atoms with E-state index in [1.54, 1.807) is 50.2 Å². The quantitative estimate of drug-likeness (QED) is 0.354. The molecular formula is C27H28Cl2FN3O4S. The zero-order chi connectivity index (χ0) is 28.0. The Labute approximate surface area is 232 Å². The van der Waals surface area contributed by atoms with Gasteiger partial charge in [0.05, 0.1) is 10.6 Å². The molecule has 1 N–H and O–H groups in total. The van der Waals surface area contributed by atoms with E-state index in [1.165, 1.54) is 36.1 Å². The van der Waals surface area contributed by atoms with Crippen LogP contribution in [0.5, 0.6) is 0 Å². The maximum Gasteiger partial charge on any atom is 0.264 e. The summed E-state index contributed by atoms with van der Waals surface area (Å²) in [6.07, 6.45) is 0. The van der Waals surface area contributed by atoms with Crippen molar-refractivity contribution in [1.82, 2.24) is 10.2 Å². The van der Waals surface area contributed by atoms with Crippen molar-refractivity contribution >= 4 is 50.7 Å². The monoisotopic (exact) mass is 579 g/mol. The number of nitrogens with one attached hydrogen (secondary N) is 1. The van der Waals surface area contributed by atoms with Crippen LogP contribution < -0.4 is 9.62 Å². The number of nitrogens with zero attached hydrogens (tertiary/aromatic N) is 2. The van der Waals surface area contributed by atoms with Crippen LogP contribution in [-0.2, 0) is 26.2 Å². The summed E-state index contributed by atoms with van der Waals surface area (Å²) in [5, 5.41) is 3.35. The number of rotatable bonds is 10. The molecular weight excluding hydrogens is 552 g/mol. The average molecular weight is 581 g/mol. The van der Waals surface area contributed by atoms with Gasteiger partial charge in [0.2, 0.25) is 11.8 Å². The van der Waals surface area contributed by atoms with Crippen molar-refractivity contribution in [2.45, 2.75) is 44.3 Å². The maximum atomic E-state index is 13.8. The zero-order valence-corrected chi connectivity index (χ0v) is 23.4. The number of hydrogen-bond donors (Lipinski definition) is 1. The number of amides is 2. The van der Waals surface area contributed by atoms with Crippen LogP contribution in [0.1, 0.15) is 26.3 Å². The number of sulfonamides is 1. The minimum absolute atomic E-state index is 0.0524. The summed E-state index contributed by atoms with van der Waals surface area (Å²) >= 11 is 12.7. The number of halogens is 3. The number of benzene rings is 3. The molecule has 0 saturated heterocycles. The number of carbonyl (C=O) groups is 2. The molecule has 2 amide bonds. The molecule has 0 aromatic heterocycles. The van der Waals surface area contributed by atoms with Gasteiger partial charge in [0.25, 0.3) is 10.0 Å². The van der Waals surface area contributed by atoms with Crippen molar-refractivity contribution in [2.24, 2.45) is 0 Å². The molecule has 3 aromatic rings. The summed E-state index contributed by atoms with van der Waals surface area (Å²) in [6, 6.07) is 16.0. The molecule has 0 aliphatic rings. The van der Waals surface area contributed by atoms with Crippen LogP contribution in [0.15, 0.2) is 77.7 Å². The minimum Gasteiger partial charge on any atom is -0.352 e. The smallest absolute Gasteiger partial charge is 0.264 e.